The van der Waals surface area contributed by atoms with Crippen LogP contribution in [-0.2, 0) is 0 Å². The van der Waals surface area contributed by atoms with Gasteiger partial charge in [-0.2, -0.15) is 0 Å². The number of nitrogens with two attached hydrogens (primary N) is 1. The highest BCUT2D eigenvalue weighted by Crippen LogP contribution is 2.27. The van der Waals surface area contributed by atoms with Gasteiger partial charge in [0.15, 0.2) is 0 Å². The summed E-state index contributed by atoms with van der Waals surface area (Å²) < 4.78 is 16.4. The average Bonchev–Trinajstić information content (AvgIpc) is 2.70. The molecule has 0 aliphatic heterocycles. The van der Waals surface area contributed by atoms with Crippen molar-refractivity contribution in [1.29, 1.82) is 0 Å². The van der Waals surface area contributed by atoms with Crippen LogP contribution < -0.4 is 11.3 Å². The van der Waals surface area contributed by atoms with Crippen molar-refractivity contribution in [2.45, 2.75) is 33.2 Å². The van der Waals surface area contributed by atoms with Crippen LogP contribution in [0.1, 0.15) is 38.0 Å². The Morgan fingerprint density at radius 2 is 1.95 bits per heavy atom. The Bertz CT molecular complexity index is 744. The van der Waals surface area contributed by atoms with Gasteiger partial charge in [-0.05, 0) is 19.9 Å². The maximum absolute atomic E-state index is 14.0. The molecule has 0 aliphatic carbocycles. The van der Waals surface area contributed by atoms with Gasteiger partial charge in [0, 0.05) is 18.0 Å². The van der Waals surface area contributed by atoms with Crippen molar-refractivity contribution >= 4 is 11.7 Å². The van der Waals surface area contributed by atoms with E-state index in [-0.39, 0.29) is 35.3 Å². The van der Waals surface area contributed by atoms with Gasteiger partial charge in [0.05, 0.1) is 5.56 Å². The average molecular weight is 291 g/mol. The quantitative estimate of drug-likeness (QED) is 0.945. The minimum atomic E-state index is -0.543. The van der Waals surface area contributed by atoms with Crippen molar-refractivity contribution in [2.24, 2.45) is 0 Å². The molecule has 21 heavy (non-hydrogen) atoms. The first-order valence-electron chi connectivity index (χ1n) is 6.81. The highest BCUT2D eigenvalue weighted by atomic mass is 19.1. The van der Waals surface area contributed by atoms with E-state index in [1.807, 2.05) is 0 Å². The number of hydrogen-bond acceptors (Lipinski definition) is 3. The van der Waals surface area contributed by atoms with Gasteiger partial charge in [-0.15, -0.1) is 0 Å². The van der Waals surface area contributed by atoms with Crippen LogP contribution in [0.25, 0.3) is 11.1 Å². The van der Waals surface area contributed by atoms with Gasteiger partial charge < -0.3 is 5.73 Å². The third kappa shape index (κ3) is 2.37. The van der Waals surface area contributed by atoms with Gasteiger partial charge >= 0.3 is 0 Å². The standard InChI is InChI=1S/C15H18FN3O2/c1-4-12(20)19-14(17)13(15(21)18(19)9(2)3)10-7-5-6-8-11(10)16/h5-9H,4,17H2,1-3H3. The van der Waals surface area contributed by atoms with E-state index in [4.69, 9.17) is 5.73 Å². The van der Waals surface area contributed by atoms with Gasteiger partial charge in [0.1, 0.15) is 11.6 Å². The van der Waals surface area contributed by atoms with E-state index >= 15 is 0 Å². The Hall–Kier alpha value is -2.37. The molecule has 2 rings (SSSR count). The number of nitrogens with zero attached hydrogens (tertiary/aromatic N) is 2. The lowest BCUT2D eigenvalue weighted by Gasteiger charge is -2.13. The Morgan fingerprint density at radius 1 is 1.33 bits per heavy atom. The summed E-state index contributed by atoms with van der Waals surface area (Å²) in [6.07, 6.45) is 0.196. The summed E-state index contributed by atoms with van der Waals surface area (Å²) in [6, 6.07) is 5.62. The number of halogens is 1. The smallest absolute Gasteiger partial charge is 0.277 e. The van der Waals surface area contributed by atoms with E-state index in [0.717, 1.165) is 4.68 Å². The number of benzene rings is 1. The summed E-state index contributed by atoms with van der Waals surface area (Å²) >= 11 is 0. The monoisotopic (exact) mass is 291 g/mol. The van der Waals surface area contributed by atoms with Crippen molar-refractivity contribution in [3.63, 3.8) is 0 Å². The lowest BCUT2D eigenvalue weighted by Crippen LogP contribution is -2.29. The predicted molar refractivity (Wildman–Crippen MR) is 79.8 cm³/mol. The molecule has 0 aliphatic rings. The Morgan fingerprint density at radius 3 is 2.48 bits per heavy atom. The van der Waals surface area contributed by atoms with E-state index in [9.17, 15) is 14.0 Å². The van der Waals surface area contributed by atoms with Crippen molar-refractivity contribution in [3.05, 3.63) is 40.4 Å². The number of aromatic nitrogens is 2. The molecule has 2 N–H and O–H groups in total. The van der Waals surface area contributed by atoms with Gasteiger partial charge in [0.2, 0.25) is 5.91 Å². The predicted octanol–water partition coefficient (Wildman–Crippen LogP) is 2.67. The molecule has 0 spiro atoms. The fraction of sp³-hybridized carbons (Fsp3) is 0.333. The Kier molecular flexibility index (Phi) is 3.97. The molecule has 0 fully saturated rings. The van der Waals surface area contributed by atoms with E-state index in [1.54, 1.807) is 26.8 Å². The van der Waals surface area contributed by atoms with E-state index < -0.39 is 11.4 Å². The zero-order valence-corrected chi connectivity index (χ0v) is 12.3. The first kappa shape index (κ1) is 15.0. The van der Waals surface area contributed by atoms with Crippen LogP contribution in [0.15, 0.2) is 29.1 Å². The molecule has 6 heteroatoms. The summed E-state index contributed by atoms with van der Waals surface area (Å²) in [5.41, 5.74) is 5.65. The normalized spacial score (nSPS) is 11.1. The van der Waals surface area contributed by atoms with Crippen LogP contribution >= 0.6 is 0 Å². The molecule has 0 bridgehead atoms. The summed E-state index contributed by atoms with van der Waals surface area (Å²) in [6.45, 7) is 5.22. The molecule has 0 amide bonds. The molecule has 112 valence electrons. The Balaban J connectivity index is 2.84. The summed E-state index contributed by atoms with van der Waals surface area (Å²) in [7, 11) is 0. The highest BCUT2D eigenvalue weighted by Gasteiger charge is 2.25. The highest BCUT2D eigenvalue weighted by molar-refractivity contribution is 5.86. The number of rotatable bonds is 3. The minimum absolute atomic E-state index is 0.0225. The number of carbonyl (C=O) groups is 1. The molecule has 1 aromatic carbocycles. The van der Waals surface area contributed by atoms with Gasteiger partial charge in [-0.3, -0.25) is 9.59 Å². The van der Waals surface area contributed by atoms with Crippen molar-refractivity contribution in [1.82, 2.24) is 9.36 Å². The SMILES string of the molecule is CCC(=O)n1c(N)c(-c2ccccc2F)c(=O)n1C(C)C. The molecule has 0 saturated carbocycles. The largest absolute Gasteiger partial charge is 0.383 e. The van der Waals surface area contributed by atoms with E-state index in [1.165, 1.54) is 22.9 Å². The number of carbonyl (C=O) groups excluding carboxylic acids is 1. The van der Waals surface area contributed by atoms with Crippen LogP contribution in [0.4, 0.5) is 10.2 Å². The lowest BCUT2D eigenvalue weighted by molar-refractivity contribution is 0.0871. The molecular formula is C15H18FN3O2. The number of nitrogen functional groups attached to an aromatic ring is 1. The molecule has 0 radical (unpaired) electrons. The molecule has 5 nitrogen and oxygen atoms in total. The summed E-state index contributed by atoms with van der Waals surface area (Å²) in [5.74, 6) is -0.871. The third-order valence-electron chi connectivity index (χ3n) is 3.29. The van der Waals surface area contributed by atoms with Crippen molar-refractivity contribution in [3.8, 4) is 11.1 Å². The molecule has 1 aromatic heterocycles. The van der Waals surface area contributed by atoms with Crippen molar-refractivity contribution in [2.75, 3.05) is 5.73 Å². The lowest BCUT2D eigenvalue weighted by atomic mass is 10.1. The van der Waals surface area contributed by atoms with Crippen LogP contribution in [-0.4, -0.2) is 15.3 Å². The molecular weight excluding hydrogens is 273 g/mol. The zero-order valence-electron chi connectivity index (χ0n) is 12.3. The molecule has 0 atom stereocenters. The molecule has 0 unspecified atom stereocenters. The van der Waals surface area contributed by atoms with Crippen molar-refractivity contribution < 1.29 is 9.18 Å². The van der Waals surface area contributed by atoms with Gasteiger partial charge in [0.25, 0.3) is 5.56 Å². The first-order chi connectivity index (χ1) is 9.90. The second-order valence-electron chi connectivity index (χ2n) is 5.04. The maximum atomic E-state index is 14.0. The number of hydrogen-bond donors (Lipinski definition) is 1. The maximum Gasteiger partial charge on any atom is 0.277 e. The summed E-state index contributed by atoms with van der Waals surface area (Å²) in [4.78, 5) is 24.6. The third-order valence-corrected chi connectivity index (χ3v) is 3.29. The van der Waals surface area contributed by atoms with Crippen LogP contribution in [0.2, 0.25) is 0 Å². The van der Waals surface area contributed by atoms with Gasteiger partial charge in [-0.1, -0.05) is 25.1 Å². The minimum Gasteiger partial charge on any atom is -0.383 e. The second kappa shape index (κ2) is 5.55. The zero-order chi connectivity index (χ0) is 15.7. The van der Waals surface area contributed by atoms with E-state index in [0.29, 0.717) is 0 Å². The fourth-order valence-corrected chi connectivity index (χ4v) is 2.32. The van der Waals surface area contributed by atoms with Gasteiger partial charge in [-0.25, -0.2) is 13.8 Å². The van der Waals surface area contributed by atoms with Crippen LogP contribution in [0.3, 0.4) is 0 Å². The Labute approximate surface area is 121 Å². The van der Waals surface area contributed by atoms with E-state index in [2.05, 4.69) is 0 Å². The second-order valence-corrected chi connectivity index (χ2v) is 5.04. The first-order valence-corrected chi connectivity index (χ1v) is 6.81. The molecule has 0 saturated heterocycles. The topological polar surface area (TPSA) is 70.0 Å². The molecule has 2 aromatic rings. The fourth-order valence-electron chi connectivity index (χ4n) is 2.32. The molecule has 1 heterocycles. The number of anilines is 1. The van der Waals surface area contributed by atoms with Crippen LogP contribution in [0.5, 0.6) is 0 Å². The summed E-state index contributed by atoms with van der Waals surface area (Å²) in [5, 5.41) is 0. The van der Waals surface area contributed by atoms with Crippen LogP contribution in [0, 0.1) is 5.82 Å².